The molecular weight excluding hydrogens is 238 g/mol. The molecule has 1 aromatic heterocycles. The summed E-state index contributed by atoms with van der Waals surface area (Å²) in [6.45, 7) is 4.93. The van der Waals surface area contributed by atoms with E-state index in [2.05, 4.69) is 24.1 Å². The minimum Gasteiger partial charge on any atom is -0.384 e. The average molecular weight is 256 g/mol. The van der Waals surface area contributed by atoms with Gasteiger partial charge in [-0.25, -0.2) is 4.98 Å². The number of hydrogen-bond acceptors (Lipinski definition) is 3. The number of amides is 1. The van der Waals surface area contributed by atoms with Crippen molar-refractivity contribution in [3.05, 3.63) is 22.8 Å². The van der Waals surface area contributed by atoms with Gasteiger partial charge in [-0.15, -0.1) is 0 Å². The first-order valence-corrected chi connectivity index (χ1v) is 6.08. The van der Waals surface area contributed by atoms with Gasteiger partial charge in [0.25, 0.3) is 5.91 Å². The maximum Gasteiger partial charge on any atom is 0.271 e. The molecule has 0 radical (unpaired) electrons. The van der Waals surface area contributed by atoms with E-state index < -0.39 is 0 Å². The first-order chi connectivity index (χ1) is 8.00. The third kappa shape index (κ3) is 4.61. The number of rotatable bonds is 5. The molecule has 94 valence electrons. The second-order valence-electron chi connectivity index (χ2n) is 4.36. The number of carbonyl (C=O) groups excluding carboxylic acids is 1. The van der Waals surface area contributed by atoms with E-state index in [-0.39, 0.29) is 11.6 Å². The fraction of sp³-hybridized carbons (Fsp3) is 0.500. The van der Waals surface area contributed by atoms with E-state index in [9.17, 15) is 4.79 Å². The molecule has 0 aliphatic heterocycles. The number of nitrogens with zero attached hydrogens (tertiary/aromatic N) is 1. The summed E-state index contributed by atoms with van der Waals surface area (Å²) in [6.07, 6.45) is 2.03. The van der Waals surface area contributed by atoms with E-state index in [4.69, 9.17) is 17.3 Å². The standard InChI is InChI=1S/C12H18ClN3O/c1-8(2)4-3-7-15-12(17)11-9(13)5-6-10(14)16-11/h5-6,8H,3-4,7H2,1-2H3,(H2,14,16)(H,15,17). The van der Waals surface area contributed by atoms with Crippen molar-refractivity contribution < 1.29 is 4.79 Å². The molecule has 0 saturated heterocycles. The van der Waals surface area contributed by atoms with Crippen LogP contribution < -0.4 is 11.1 Å². The van der Waals surface area contributed by atoms with Gasteiger partial charge in [0.05, 0.1) is 5.02 Å². The summed E-state index contributed by atoms with van der Waals surface area (Å²) in [6, 6.07) is 3.14. The van der Waals surface area contributed by atoms with Gasteiger partial charge in [-0.2, -0.15) is 0 Å². The Balaban J connectivity index is 2.49. The maximum absolute atomic E-state index is 11.7. The Bertz CT molecular complexity index is 393. The normalized spacial score (nSPS) is 10.6. The Labute approximate surface area is 107 Å². The van der Waals surface area contributed by atoms with Crippen molar-refractivity contribution in [1.82, 2.24) is 10.3 Å². The summed E-state index contributed by atoms with van der Waals surface area (Å²) in [5.74, 6) is 0.661. The van der Waals surface area contributed by atoms with Gasteiger partial charge in [-0.1, -0.05) is 25.4 Å². The van der Waals surface area contributed by atoms with E-state index in [1.807, 2.05) is 0 Å². The highest BCUT2D eigenvalue weighted by Gasteiger charge is 2.11. The number of aromatic nitrogens is 1. The highest BCUT2D eigenvalue weighted by atomic mass is 35.5. The van der Waals surface area contributed by atoms with Crippen LogP contribution in [-0.2, 0) is 0 Å². The summed E-state index contributed by atoms with van der Waals surface area (Å²) in [4.78, 5) is 15.7. The molecule has 1 amide bonds. The molecular formula is C12H18ClN3O. The Hall–Kier alpha value is -1.29. The van der Waals surface area contributed by atoms with Crippen LogP contribution in [0.5, 0.6) is 0 Å². The van der Waals surface area contributed by atoms with E-state index in [0.29, 0.717) is 23.3 Å². The predicted molar refractivity (Wildman–Crippen MR) is 70.1 cm³/mol. The number of anilines is 1. The summed E-state index contributed by atoms with van der Waals surface area (Å²) in [7, 11) is 0. The van der Waals surface area contributed by atoms with Crippen LogP contribution in [0, 0.1) is 5.92 Å². The molecule has 0 unspecified atom stereocenters. The third-order valence-corrected chi connectivity index (χ3v) is 2.63. The largest absolute Gasteiger partial charge is 0.384 e. The van der Waals surface area contributed by atoms with Crippen LogP contribution >= 0.6 is 11.6 Å². The van der Waals surface area contributed by atoms with Crippen LogP contribution in [0.1, 0.15) is 37.2 Å². The SMILES string of the molecule is CC(C)CCCNC(=O)c1nc(N)ccc1Cl. The molecule has 0 aliphatic rings. The lowest BCUT2D eigenvalue weighted by Crippen LogP contribution is -2.26. The highest BCUT2D eigenvalue weighted by Crippen LogP contribution is 2.14. The summed E-state index contributed by atoms with van der Waals surface area (Å²) < 4.78 is 0. The molecule has 0 fully saturated rings. The van der Waals surface area contributed by atoms with Gasteiger partial charge >= 0.3 is 0 Å². The zero-order valence-electron chi connectivity index (χ0n) is 10.2. The summed E-state index contributed by atoms with van der Waals surface area (Å²) in [5.41, 5.74) is 5.70. The van der Waals surface area contributed by atoms with Crippen molar-refractivity contribution >= 4 is 23.3 Å². The van der Waals surface area contributed by atoms with Crippen LogP contribution in [0.25, 0.3) is 0 Å². The molecule has 0 bridgehead atoms. The number of pyridine rings is 1. The zero-order valence-corrected chi connectivity index (χ0v) is 10.9. The average Bonchev–Trinajstić information content (AvgIpc) is 2.27. The molecule has 1 heterocycles. The molecule has 4 nitrogen and oxygen atoms in total. The Morgan fingerprint density at radius 2 is 2.24 bits per heavy atom. The Morgan fingerprint density at radius 3 is 2.88 bits per heavy atom. The van der Waals surface area contributed by atoms with Gasteiger partial charge in [0.15, 0.2) is 0 Å². The van der Waals surface area contributed by atoms with Crippen LogP contribution in [-0.4, -0.2) is 17.4 Å². The Kier molecular flexibility index (Phi) is 5.22. The lowest BCUT2D eigenvalue weighted by molar-refractivity contribution is 0.0948. The van der Waals surface area contributed by atoms with Crippen LogP contribution in [0.15, 0.2) is 12.1 Å². The predicted octanol–water partition coefficient (Wildman–Crippen LogP) is 2.48. The minimum atomic E-state index is -0.272. The first-order valence-electron chi connectivity index (χ1n) is 5.71. The summed E-state index contributed by atoms with van der Waals surface area (Å²) >= 11 is 5.88. The van der Waals surface area contributed by atoms with Crippen LogP contribution in [0.2, 0.25) is 5.02 Å². The monoisotopic (exact) mass is 255 g/mol. The number of hydrogen-bond donors (Lipinski definition) is 2. The van der Waals surface area contributed by atoms with Gasteiger partial charge in [0.2, 0.25) is 0 Å². The third-order valence-electron chi connectivity index (χ3n) is 2.33. The molecule has 1 rings (SSSR count). The molecule has 17 heavy (non-hydrogen) atoms. The molecule has 0 aliphatic carbocycles. The molecule has 5 heteroatoms. The van der Waals surface area contributed by atoms with Crippen molar-refractivity contribution in [3.8, 4) is 0 Å². The van der Waals surface area contributed by atoms with Crippen molar-refractivity contribution in [2.45, 2.75) is 26.7 Å². The van der Waals surface area contributed by atoms with Crippen LogP contribution in [0.3, 0.4) is 0 Å². The van der Waals surface area contributed by atoms with Gasteiger partial charge < -0.3 is 11.1 Å². The van der Waals surface area contributed by atoms with Gasteiger partial charge in [-0.3, -0.25) is 4.79 Å². The lowest BCUT2D eigenvalue weighted by atomic mass is 10.1. The zero-order chi connectivity index (χ0) is 12.8. The van der Waals surface area contributed by atoms with Gasteiger partial charge in [0, 0.05) is 6.54 Å². The molecule has 0 spiro atoms. The molecule has 0 atom stereocenters. The van der Waals surface area contributed by atoms with Gasteiger partial charge in [-0.05, 0) is 30.9 Å². The van der Waals surface area contributed by atoms with E-state index >= 15 is 0 Å². The molecule has 0 saturated carbocycles. The lowest BCUT2D eigenvalue weighted by Gasteiger charge is -2.07. The smallest absolute Gasteiger partial charge is 0.271 e. The molecule has 0 aromatic carbocycles. The van der Waals surface area contributed by atoms with E-state index in [1.165, 1.54) is 0 Å². The maximum atomic E-state index is 11.7. The fourth-order valence-electron chi connectivity index (χ4n) is 1.41. The number of halogens is 1. The van der Waals surface area contributed by atoms with E-state index in [1.54, 1.807) is 12.1 Å². The quantitative estimate of drug-likeness (QED) is 0.795. The van der Waals surface area contributed by atoms with Crippen molar-refractivity contribution in [1.29, 1.82) is 0 Å². The van der Waals surface area contributed by atoms with Crippen LogP contribution in [0.4, 0.5) is 5.82 Å². The Morgan fingerprint density at radius 1 is 1.53 bits per heavy atom. The van der Waals surface area contributed by atoms with Crippen molar-refractivity contribution in [2.75, 3.05) is 12.3 Å². The molecule has 1 aromatic rings. The summed E-state index contributed by atoms with van der Waals surface area (Å²) in [5, 5.41) is 3.10. The topological polar surface area (TPSA) is 68.0 Å². The number of nitrogen functional groups attached to an aromatic ring is 1. The van der Waals surface area contributed by atoms with Crippen molar-refractivity contribution in [2.24, 2.45) is 5.92 Å². The van der Waals surface area contributed by atoms with E-state index in [0.717, 1.165) is 12.8 Å². The highest BCUT2D eigenvalue weighted by molar-refractivity contribution is 6.33. The number of carbonyl (C=O) groups is 1. The first kappa shape index (κ1) is 13.8. The second-order valence-corrected chi connectivity index (χ2v) is 4.77. The number of nitrogens with one attached hydrogen (secondary N) is 1. The fourth-order valence-corrected chi connectivity index (χ4v) is 1.60. The second kappa shape index (κ2) is 6.45. The van der Waals surface area contributed by atoms with Gasteiger partial charge in [0.1, 0.15) is 11.5 Å². The minimum absolute atomic E-state index is 0.191. The molecule has 3 N–H and O–H groups in total. The van der Waals surface area contributed by atoms with Crippen molar-refractivity contribution in [3.63, 3.8) is 0 Å². The number of nitrogens with two attached hydrogens (primary N) is 1.